The van der Waals surface area contributed by atoms with Gasteiger partial charge >= 0.3 is 5.97 Å². The Balaban J connectivity index is 2.41. The van der Waals surface area contributed by atoms with Crippen molar-refractivity contribution in [2.75, 3.05) is 20.8 Å². The SMILES string of the molecule is COCCC(CC(=O)OC)NC(=O)CCC(=O)NCc1cccc(C(=N)N)c1. The van der Waals surface area contributed by atoms with Gasteiger partial charge in [0.05, 0.1) is 13.5 Å². The molecule has 154 valence electrons. The number of hydrogen-bond acceptors (Lipinski definition) is 6. The van der Waals surface area contributed by atoms with Crippen LogP contribution in [0.1, 0.15) is 36.8 Å². The van der Waals surface area contributed by atoms with E-state index in [9.17, 15) is 14.4 Å². The molecule has 1 aromatic carbocycles. The summed E-state index contributed by atoms with van der Waals surface area (Å²) >= 11 is 0. The van der Waals surface area contributed by atoms with E-state index in [0.29, 0.717) is 18.6 Å². The second kappa shape index (κ2) is 12.4. The topological polar surface area (TPSA) is 144 Å². The number of hydrogen-bond donors (Lipinski definition) is 4. The van der Waals surface area contributed by atoms with Crippen molar-refractivity contribution >= 4 is 23.6 Å². The van der Waals surface area contributed by atoms with Crippen LogP contribution in [0.2, 0.25) is 0 Å². The van der Waals surface area contributed by atoms with E-state index in [1.165, 1.54) is 14.2 Å². The van der Waals surface area contributed by atoms with Crippen molar-refractivity contribution in [1.82, 2.24) is 10.6 Å². The van der Waals surface area contributed by atoms with E-state index in [1.54, 1.807) is 18.2 Å². The molecule has 0 fully saturated rings. The van der Waals surface area contributed by atoms with Crippen LogP contribution >= 0.6 is 0 Å². The Labute approximate surface area is 164 Å². The van der Waals surface area contributed by atoms with Gasteiger partial charge in [-0.1, -0.05) is 18.2 Å². The van der Waals surface area contributed by atoms with E-state index in [0.717, 1.165) is 5.56 Å². The highest BCUT2D eigenvalue weighted by Crippen LogP contribution is 2.05. The van der Waals surface area contributed by atoms with Crippen LogP contribution in [-0.2, 0) is 30.4 Å². The Morgan fingerprint density at radius 1 is 1.18 bits per heavy atom. The molecule has 0 saturated heterocycles. The van der Waals surface area contributed by atoms with Crippen molar-refractivity contribution in [1.29, 1.82) is 5.41 Å². The average molecular weight is 392 g/mol. The first kappa shape index (κ1) is 23.1. The molecular weight excluding hydrogens is 364 g/mol. The van der Waals surface area contributed by atoms with Crippen molar-refractivity contribution in [3.8, 4) is 0 Å². The molecule has 1 rings (SSSR count). The van der Waals surface area contributed by atoms with Crippen molar-refractivity contribution < 1.29 is 23.9 Å². The summed E-state index contributed by atoms with van der Waals surface area (Å²) in [6.45, 7) is 0.669. The molecule has 9 nitrogen and oxygen atoms in total. The van der Waals surface area contributed by atoms with E-state index in [1.807, 2.05) is 6.07 Å². The number of nitrogen functional groups attached to an aromatic ring is 1. The molecule has 9 heteroatoms. The number of rotatable bonds is 12. The number of carbonyl (C=O) groups excluding carboxylic acids is 3. The predicted molar refractivity (Wildman–Crippen MR) is 104 cm³/mol. The monoisotopic (exact) mass is 392 g/mol. The molecule has 0 aliphatic carbocycles. The zero-order valence-electron chi connectivity index (χ0n) is 16.2. The molecule has 0 aliphatic heterocycles. The number of amides is 2. The Morgan fingerprint density at radius 2 is 1.89 bits per heavy atom. The third-order valence-electron chi connectivity index (χ3n) is 3.98. The van der Waals surface area contributed by atoms with Crippen molar-refractivity contribution in [3.05, 3.63) is 35.4 Å². The van der Waals surface area contributed by atoms with E-state index in [2.05, 4.69) is 15.4 Å². The van der Waals surface area contributed by atoms with Gasteiger partial charge in [0.2, 0.25) is 11.8 Å². The minimum Gasteiger partial charge on any atom is -0.469 e. The lowest BCUT2D eigenvalue weighted by Gasteiger charge is -2.17. The normalized spacial score (nSPS) is 11.4. The molecule has 1 unspecified atom stereocenters. The first-order chi connectivity index (χ1) is 13.3. The standard InChI is InChI=1S/C19H28N4O5/c1-27-9-8-15(11-18(26)28-2)23-17(25)7-6-16(24)22-12-13-4-3-5-14(10-13)19(20)21/h3-5,10,15H,6-9,11-12H2,1-2H3,(H3,20,21)(H,22,24)(H,23,25). The van der Waals surface area contributed by atoms with Gasteiger partial charge in [-0.3, -0.25) is 19.8 Å². The second-order valence-corrected chi connectivity index (χ2v) is 6.22. The lowest BCUT2D eigenvalue weighted by atomic mass is 10.1. The highest BCUT2D eigenvalue weighted by Gasteiger charge is 2.17. The molecule has 0 spiro atoms. The molecular formula is C19H28N4O5. The van der Waals surface area contributed by atoms with Crippen LogP contribution in [0.25, 0.3) is 0 Å². The minimum atomic E-state index is -0.424. The molecule has 1 aromatic rings. The van der Waals surface area contributed by atoms with Gasteiger partial charge in [0, 0.05) is 44.7 Å². The lowest BCUT2D eigenvalue weighted by molar-refractivity contribution is -0.141. The van der Waals surface area contributed by atoms with Gasteiger partial charge < -0.3 is 25.8 Å². The quantitative estimate of drug-likeness (QED) is 0.231. The van der Waals surface area contributed by atoms with Crippen LogP contribution in [0.5, 0.6) is 0 Å². The summed E-state index contributed by atoms with van der Waals surface area (Å²) in [7, 11) is 2.82. The van der Waals surface area contributed by atoms with Crippen LogP contribution in [-0.4, -0.2) is 50.5 Å². The summed E-state index contributed by atoms with van der Waals surface area (Å²) in [5.41, 5.74) is 6.83. The highest BCUT2D eigenvalue weighted by molar-refractivity contribution is 5.95. The van der Waals surface area contributed by atoms with Crippen LogP contribution in [0.15, 0.2) is 24.3 Å². The summed E-state index contributed by atoms with van der Waals surface area (Å²) in [5.74, 6) is -1.06. The number of ether oxygens (including phenoxy) is 2. The molecule has 0 bridgehead atoms. The van der Waals surface area contributed by atoms with Gasteiger partial charge in [-0.25, -0.2) is 0 Å². The molecule has 1 atom stereocenters. The van der Waals surface area contributed by atoms with Gasteiger partial charge in [-0.05, 0) is 18.1 Å². The number of amidine groups is 1. The number of esters is 1. The zero-order chi connectivity index (χ0) is 20.9. The van der Waals surface area contributed by atoms with Gasteiger partial charge in [-0.2, -0.15) is 0 Å². The molecule has 0 heterocycles. The van der Waals surface area contributed by atoms with Crippen LogP contribution < -0.4 is 16.4 Å². The first-order valence-electron chi connectivity index (χ1n) is 8.90. The summed E-state index contributed by atoms with van der Waals surface area (Å²) in [6, 6.07) is 6.60. The number of nitrogens with two attached hydrogens (primary N) is 1. The molecule has 0 aliphatic rings. The van der Waals surface area contributed by atoms with E-state index >= 15 is 0 Å². The maximum absolute atomic E-state index is 12.1. The number of benzene rings is 1. The second-order valence-electron chi connectivity index (χ2n) is 6.22. The Morgan fingerprint density at radius 3 is 2.54 bits per heavy atom. The molecule has 0 saturated carbocycles. The van der Waals surface area contributed by atoms with Crippen LogP contribution in [0.4, 0.5) is 0 Å². The predicted octanol–water partition coefficient (Wildman–Crippen LogP) is 0.451. The fourth-order valence-electron chi connectivity index (χ4n) is 2.43. The fraction of sp³-hybridized carbons (Fsp3) is 0.474. The maximum atomic E-state index is 12.1. The van der Waals surface area contributed by atoms with Gasteiger partial charge in [0.1, 0.15) is 5.84 Å². The van der Waals surface area contributed by atoms with Crippen LogP contribution in [0, 0.1) is 5.41 Å². The molecule has 0 aromatic heterocycles. The largest absolute Gasteiger partial charge is 0.469 e. The Hall–Kier alpha value is -2.94. The number of carbonyl (C=O) groups is 3. The summed E-state index contributed by atoms with van der Waals surface area (Å²) in [4.78, 5) is 35.5. The average Bonchev–Trinajstić information content (AvgIpc) is 2.68. The third-order valence-corrected chi connectivity index (χ3v) is 3.98. The molecule has 2 amide bonds. The fourth-order valence-corrected chi connectivity index (χ4v) is 2.43. The van der Waals surface area contributed by atoms with E-state index in [-0.39, 0.29) is 43.5 Å². The number of methoxy groups -OCH3 is 2. The van der Waals surface area contributed by atoms with E-state index < -0.39 is 12.0 Å². The van der Waals surface area contributed by atoms with Crippen molar-refractivity contribution in [3.63, 3.8) is 0 Å². The molecule has 5 N–H and O–H groups in total. The first-order valence-corrected chi connectivity index (χ1v) is 8.90. The van der Waals surface area contributed by atoms with Crippen molar-refractivity contribution in [2.45, 2.75) is 38.3 Å². The van der Waals surface area contributed by atoms with E-state index in [4.69, 9.17) is 15.9 Å². The summed E-state index contributed by atoms with van der Waals surface area (Å²) < 4.78 is 9.60. The maximum Gasteiger partial charge on any atom is 0.307 e. The zero-order valence-corrected chi connectivity index (χ0v) is 16.2. The highest BCUT2D eigenvalue weighted by atomic mass is 16.5. The van der Waals surface area contributed by atoms with Crippen molar-refractivity contribution in [2.24, 2.45) is 5.73 Å². The smallest absolute Gasteiger partial charge is 0.307 e. The number of nitrogens with one attached hydrogen (secondary N) is 3. The molecule has 0 radical (unpaired) electrons. The summed E-state index contributed by atoms with van der Waals surface area (Å²) in [5, 5.41) is 12.9. The third kappa shape index (κ3) is 9.13. The summed E-state index contributed by atoms with van der Waals surface area (Å²) in [6.07, 6.45) is 0.539. The minimum absolute atomic E-state index is 0.00394. The lowest BCUT2D eigenvalue weighted by Crippen LogP contribution is -2.38. The van der Waals surface area contributed by atoms with Crippen LogP contribution in [0.3, 0.4) is 0 Å². The molecule has 28 heavy (non-hydrogen) atoms. The Bertz CT molecular complexity index is 693. The van der Waals surface area contributed by atoms with Gasteiger partial charge in [-0.15, -0.1) is 0 Å². The van der Waals surface area contributed by atoms with Gasteiger partial charge in [0.25, 0.3) is 0 Å². The van der Waals surface area contributed by atoms with Gasteiger partial charge in [0.15, 0.2) is 0 Å². The Kier molecular flexibility index (Phi) is 10.3.